The zero-order valence-electron chi connectivity index (χ0n) is 18.7. The SMILES string of the molecule is O=C1CCC(N2Cc3c(CN4CCN(c5ncnc6sccc56)CC4)cccc3C2S)C(=O)N1. The third-order valence-corrected chi connectivity index (χ3v) is 8.55. The number of thiophene rings is 1. The van der Waals surface area contributed by atoms with E-state index in [9.17, 15) is 9.59 Å². The van der Waals surface area contributed by atoms with Gasteiger partial charge in [0.15, 0.2) is 0 Å². The molecular weight excluding hydrogens is 468 g/mol. The number of carbonyl (C=O) groups excluding carboxylic acids is 2. The molecule has 1 aromatic carbocycles. The van der Waals surface area contributed by atoms with Crippen molar-refractivity contribution in [3.8, 4) is 0 Å². The fraction of sp³-hybridized carbons (Fsp3) is 0.417. The molecular formula is C24H26N6O2S2. The Morgan fingerprint density at radius 1 is 1.12 bits per heavy atom. The minimum atomic E-state index is -0.314. The van der Waals surface area contributed by atoms with Crippen LogP contribution in [0.3, 0.4) is 0 Å². The molecule has 2 atom stereocenters. The Kier molecular flexibility index (Phi) is 5.76. The molecule has 2 amide bonds. The van der Waals surface area contributed by atoms with E-state index in [4.69, 9.17) is 12.6 Å². The van der Waals surface area contributed by atoms with Gasteiger partial charge in [0.2, 0.25) is 11.8 Å². The lowest BCUT2D eigenvalue weighted by molar-refractivity contribution is -0.137. The maximum absolute atomic E-state index is 12.5. The quantitative estimate of drug-likeness (QED) is 0.426. The molecule has 2 saturated heterocycles. The van der Waals surface area contributed by atoms with Crippen molar-refractivity contribution >= 4 is 51.8 Å². The van der Waals surface area contributed by atoms with Gasteiger partial charge in [0.25, 0.3) is 0 Å². The van der Waals surface area contributed by atoms with Crippen LogP contribution in [0, 0.1) is 0 Å². The number of thiol groups is 1. The van der Waals surface area contributed by atoms with E-state index >= 15 is 0 Å². The van der Waals surface area contributed by atoms with Crippen molar-refractivity contribution in [1.29, 1.82) is 0 Å². The first-order chi connectivity index (χ1) is 16.6. The number of amides is 2. The molecule has 3 aromatic rings. The third kappa shape index (κ3) is 3.88. The Morgan fingerprint density at radius 3 is 2.79 bits per heavy atom. The maximum Gasteiger partial charge on any atom is 0.243 e. The van der Waals surface area contributed by atoms with Gasteiger partial charge in [-0.05, 0) is 34.6 Å². The van der Waals surface area contributed by atoms with Crippen LogP contribution in [0.25, 0.3) is 10.2 Å². The predicted molar refractivity (Wildman–Crippen MR) is 135 cm³/mol. The first-order valence-corrected chi connectivity index (χ1v) is 13.0. The molecule has 10 heteroatoms. The van der Waals surface area contributed by atoms with Crippen LogP contribution in [0.2, 0.25) is 0 Å². The number of piperidine rings is 1. The van der Waals surface area contributed by atoms with Crippen molar-refractivity contribution < 1.29 is 9.59 Å². The number of fused-ring (bicyclic) bond motifs is 2. The minimum absolute atomic E-state index is 0.137. The van der Waals surface area contributed by atoms with Crippen molar-refractivity contribution in [1.82, 2.24) is 25.1 Å². The molecule has 8 nitrogen and oxygen atoms in total. The first-order valence-electron chi connectivity index (χ1n) is 11.6. The van der Waals surface area contributed by atoms with Crippen LogP contribution in [0.4, 0.5) is 5.82 Å². The average molecular weight is 495 g/mol. The zero-order chi connectivity index (χ0) is 23.2. The van der Waals surface area contributed by atoms with Crippen LogP contribution in [0.5, 0.6) is 0 Å². The highest BCUT2D eigenvalue weighted by Gasteiger charge is 2.39. The molecule has 0 aliphatic carbocycles. The fourth-order valence-corrected chi connectivity index (χ4v) is 6.56. The van der Waals surface area contributed by atoms with Gasteiger partial charge in [-0.25, -0.2) is 9.97 Å². The third-order valence-electron chi connectivity index (χ3n) is 7.16. The van der Waals surface area contributed by atoms with Gasteiger partial charge in [-0.1, -0.05) is 18.2 Å². The summed E-state index contributed by atoms with van der Waals surface area (Å²) in [5, 5.41) is 5.55. The number of benzene rings is 1. The molecule has 34 heavy (non-hydrogen) atoms. The van der Waals surface area contributed by atoms with Gasteiger partial charge in [-0.3, -0.25) is 24.7 Å². The van der Waals surface area contributed by atoms with Gasteiger partial charge in [0, 0.05) is 45.7 Å². The molecule has 0 spiro atoms. The summed E-state index contributed by atoms with van der Waals surface area (Å²) >= 11 is 6.51. The standard InChI is InChI=1S/C24H26N6O2S2/c31-20-5-4-19(22(32)27-20)30-13-18-15(2-1-3-16(18)24(30)33)12-28-7-9-29(10-8-28)21-17-6-11-34-23(17)26-14-25-21/h1-3,6,11,14,19,24,33H,4-5,7-10,12-13H2,(H,27,31,32). The van der Waals surface area contributed by atoms with Crippen LogP contribution in [-0.2, 0) is 22.7 Å². The van der Waals surface area contributed by atoms with E-state index in [0.717, 1.165) is 48.8 Å². The summed E-state index contributed by atoms with van der Waals surface area (Å²) in [7, 11) is 0. The molecule has 3 aliphatic heterocycles. The topological polar surface area (TPSA) is 81.7 Å². The van der Waals surface area contributed by atoms with Gasteiger partial charge >= 0.3 is 0 Å². The second kappa shape index (κ2) is 8.92. The second-order valence-electron chi connectivity index (χ2n) is 9.10. The molecule has 1 N–H and O–H groups in total. The van der Waals surface area contributed by atoms with Gasteiger partial charge < -0.3 is 4.90 Å². The minimum Gasteiger partial charge on any atom is -0.353 e. The molecule has 5 heterocycles. The Labute approximate surface area is 207 Å². The predicted octanol–water partition coefficient (Wildman–Crippen LogP) is 2.56. The summed E-state index contributed by atoms with van der Waals surface area (Å²) < 4.78 is 0. The fourth-order valence-electron chi connectivity index (χ4n) is 5.35. The van der Waals surface area contributed by atoms with Crippen LogP contribution in [0.1, 0.15) is 34.9 Å². The molecule has 176 valence electrons. The number of carbonyl (C=O) groups is 2. The number of nitrogens with one attached hydrogen (secondary N) is 1. The molecule has 0 saturated carbocycles. The summed E-state index contributed by atoms with van der Waals surface area (Å²) in [5.41, 5.74) is 3.73. The van der Waals surface area contributed by atoms with E-state index in [-0.39, 0.29) is 23.2 Å². The first kappa shape index (κ1) is 22.0. The number of anilines is 1. The monoisotopic (exact) mass is 494 g/mol. The smallest absolute Gasteiger partial charge is 0.243 e. The number of rotatable bonds is 4. The summed E-state index contributed by atoms with van der Waals surface area (Å²) in [6.45, 7) is 5.32. The van der Waals surface area contributed by atoms with Gasteiger partial charge in [0.1, 0.15) is 17.0 Å². The maximum atomic E-state index is 12.5. The highest BCUT2D eigenvalue weighted by atomic mass is 32.1. The Hall–Kier alpha value is -2.53. The van der Waals surface area contributed by atoms with E-state index in [2.05, 4.69) is 59.6 Å². The Morgan fingerprint density at radius 2 is 1.97 bits per heavy atom. The van der Waals surface area contributed by atoms with E-state index in [0.29, 0.717) is 19.4 Å². The number of aromatic nitrogens is 2. The van der Waals surface area contributed by atoms with Crippen LogP contribution in [-0.4, -0.2) is 63.8 Å². The van der Waals surface area contributed by atoms with Crippen molar-refractivity contribution in [2.75, 3.05) is 31.1 Å². The summed E-state index contributed by atoms with van der Waals surface area (Å²) in [4.78, 5) is 41.0. The van der Waals surface area contributed by atoms with E-state index in [1.807, 2.05) is 0 Å². The Bertz CT molecular complexity index is 1260. The highest BCUT2D eigenvalue weighted by molar-refractivity contribution is 7.80. The molecule has 0 bridgehead atoms. The summed E-state index contributed by atoms with van der Waals surface area (Å²) in [6.07, 6.45) is 2.59. The number of hydrogen-bond donors (Lipinski definition) is 2. The van der Waals surface area contributed by atoms with Crippen LogP contribution in [0.15, 0.2) is 36.0 Å². The number of piperazine rings is 1. The van der Waals surface area contributed by atoms with Crippen molar-refractivity contribution in [2.45, 2.75) is 37.3 Å². The number of imide groups is 1. The van der Waals surface area contributed by atoms with Crippen LogP contribution >= 0.6 is 24.0 Å². The highest BCUT2D eigenvalue weighted by Crippen LogP contribution is 2.41. The number of nitrogens with zero attached hydrogens (tertiary/aromatic N) is 5. The van der Waals surface area contributed by atoms with Crippen molar-refractivity contribution in [3.05, 3.63) is 52.7 Å². The van der Waals surface area contributed by atoms with Gasteiger partial charge in [-0.2, -0.15) is 12.6 Å². The summed E-state index contributed by atoms with van der Waals surface area (Å²) in [5.74, 6) is 0.643. The largest absolute Gasteiger partial charge is 0.353 e. The molecule has 2 unspecified atom stereocenters. The van der Waals surface area contributed by atoms with Gasteiger partial charge in [-0.15, -0.1) is 11.3 Å². The van der Waals surface area contributed by atoms with E-state index in [1.54, 1.807) is 17.7 Å². The lowest BCUT2D eigenvalue weighted by Crippen LogP contribution is -2.51. The lowest BCUT2D eigenvalue weighted by atomic mass is 10.0. The molecule has 2 fully saturated rings. The van der Waals surface area contributed by atoms with Crippen molar-refractivity contribution in [3.63, 3.8) is 0 Å². The van der Waals surface area contributed by atoms with E-state index in [1.165, 1.54) is 16.7 Å². The van der Waals surface area contributed by atoms with Crippen LogP contribution < -0.4 is 10.2 Å². The van der Waals surface area contributed by atoms with Crippen molar-refractivity contribution in [2.24, 2.45) is 0 Å². The number of hydrogen-bond acceptors (Lipinski definition) is 9. The molecule has 2 aromatic heterocycles. The Balaban J connectivity index is 1.14. The second-order valence-corrected chi connectivity index (χ2v) is 10.5. The average Bonchev–Trinajstić information content (AvgIpc) is 3.45. The normalized spacial score (nSPS) is 24.0. The van der Waals surface area contributed by atoms with E-state index < -0.39 is 0 Å². The summed E-state index contributed by atoms with van der Waals surface area (Å²) in [6, 6.07) is 8.19. The molecule has 3 aliphatic rings. The lowest BCUT2D eigenvalue weighted by Gasteiger charge is -2.36. The zero-order valence-corrected chi connectivity index (χ0v) is 20.4. The molecule has 0 radical (unpaired) electrons. The molecule has 6 rings (SSSR count). The van der Waals surface area contributed by atoms with Gasteiger partial charge in [0.05, 0.1) is 16.8 Å².